The van der Waals surface area contributed by atoms with Gasteiger partial charge in [0.2, 0.25) is 0 Å². The summed E-state index contributed by atoms with van der Waals surface area (Å²) < 4.78 is 0. The second-order valence-corrected chi connectivity index (χ2v) is 5.72. The smallest absolute Gasteiger partial charge is 0.337 e. The van der Waals surface area contributed by atoms with Gasteiger partial charge in [0.15, 0.2) is 5.12 Å². The summed E-state index contributed by atoms with van der Waals surface area (Å²) in [4.78, 5) is 34.3. The lowest BCUT2D eigenvalue weighted by atomic mass is 9.99. The average Bonchev–Trinajstić information content (AvgIpc) is 2.37. The molecule has 1 rings (SSSR count). The molecule has 0 saturated heterocycles. The highest BCUT2D eigenvalue weighted by Crippen LogP contribution is 2.26. The van der Waals surface area contributed by atoms with Crippen molar-refractivity contribution in [3.05, 3.63) is 37.8 Å². The number of H-pyrrole nitrogens is 1. The Labute approximate surface area is 124 Å². The number of nitrogens with one attached hydrogen (secondary N) is 1. The molecule has 21 heavy (non-hydrogen) atoms. The van der Waals surface area contributed by atoms with Gasteiger partial charge >= 0.3 is 11.2 Å². The van der Waals surface area contributed by atoms with E-state index in [0.717, 1.165) is 18.0 Å². The van der Waals surface area contributed by atoms with Crippen molar-refractivity contribution in [1.29, 1.82) is 0 Å². The Morgan fingerprint density at radius 3 is 2.67 bits per heavy atom. The van der Waals surface area contributed by atoms with Crippen LogP contribution in [0.4, 0.5) is 5.69 Å². The van der Waals surface area contributed by atoms with Crippen molar-refractivity contribution in [3.63, 3.8) is 0 Å². The molecule has 2 atom stereocenters. The van der Waals surface area contributed by atoms with Crippen LogP contribution in [0.15, 0.2) is 11.0 Å². The van der Waals surface area contributed by atoms with Crippen molar-refractivity contribution in [2.24, 2.45) is 0 Å². The first kappa shape index (κ1) is 17.3. The zero-order valence-electron chi connectivity index (χ0n) is 11.5. The average molecular weight is 316 g/mol. The van der Waals surface area contributed by atoms with Crippen molar-refractivity contribution in [2.45, 2.75) is 32.5 Å². The Hall–Kier alpha value is -1.71. The van der Waals surface area contributed by atoms with Gasteiger partial charge < -0.3 is 15.2 Å². The monoisotopic (exact) mass is 316 g/mol. The number of pyridine rings is 1. The summed E-state index contributed by atoms with van der Waals surface area (Å²) in [6.45, 7) is 2.73. The zero-order chi connectivity index (χ0) is 16.2. The molecule has 3 N–H and O–H groups in total. The van der Waals surface area contributed by atoms with Gasteiger partial charge in [-0.05, 0) is 13.3 Å². The summed E-state index contributed by atoms with van der Waals surface area (Å²) in [6, 6.07) is 0. The minimum Gasteiger partial charge on any atom is -0.390 e. The van der Waals surface area contributed by atoms with E-state index in [0.29, 0.717) is 5.75 Å². The fourth-order valence-electron chi connectivity index (χ4n) is 1.84. The number of hydrogen-bond donors (Lipinski definition) is 3. The predicted octanol–water partition coefficient (Wildman–Crippen LogP) is 0.656. The molecule has 0 aliphatic heterocycles. The number of nitro groups is 1. The van der Waals surface area contributed by atoms with E-state index in [1.807, 2.05) is 0 Å². The third-order valence-electron chi connectivity index (χ3n) is 2.95. The fraction of sp³-hybridized carbons (Fsp3) is 0.500. The third-order valence-corrected chi connectivity index (χ3v) is 3.79. The van der Waals surface area contributed by atoms with E-state index in [1.54, 1.807) is 0 Å². The highest BCUT2D eigenvalue weighted by molar-refractivity contribution is 8.13. The number of aromatic amines is 1. The Bertz CT molecular complexity index is 600. The standard InChI is InChI=1S/C12H16N2O6S/c1-6-8(5-13-12(18)10(6)14(19)20)11(17)9(16)3-4-21-7(2)15/h5,9,11,16-17H,3-4H2,1-2H3,(H,13,18). The van der Waals surface area contributed by atoms with Crippen LogP contribution in [-0.4, -0.2) is 37.1 Å². The molecule has 0 aliphatic rings. The molecule has 0 amide bonds. The van der Waals surface area contributed by atoms with E-state index >= 15 is 0 Å². The molecule has 1 aromatic rings. The third kappa shape index (κ3) is 4.38. The lowest BCUT2D eigenvalue weighted by Crippen LogP contribution is -2.23. The first-order chi connectivity index (χ1) is 9.75. The minimum atomic E-state index is -1.38. The van der Waals surface area contributed by atoms with Crippen molar-refractivity contribution in [3.8, 4) is 0 Å². The summed E-state index contributed by atoms with van der Waals surface area (Å²) in [6.07, 6.45) is -1.29. The molecule has 2 unspecified atom stereocenters. The molecule has 1 heterocycles. The normalized spacial score (nSPS) is 13.7. The van der Waals surface area contributed by atoms with Gasteiger partial charge in [-0.15, -0.1) is 0 Å². The van der Waals surface area contributed by atoms with Crippen LogP contribution < -0.4 is 5.56 Å². The van der Waals surface area contributed by atoms with E-state index in [1.165, 1.54) is 13.8 Å². The number of thioether (sulfide) groups is 1. The van der Waals surface area contributed by atoms with Crippen LogP contribution in [0, 0.1) is 17.0 Å². The number of carbonyl (C=O) groups is 1. The molecule has 9 heteroatoms. The maximum atomic E-state index is 11.4. The number of aliphatic hydroxyl groups is 2. The van der Waals surface area contributed by atoms with Crippen LogP contribution >= 0.6 is 11.8 Å². The largest absolute Gasteiger partial charge is 0.390 e. The van der Waals surface area contributed by atoms with Crippen LogP contribution in [-0.2, 0) is 4.79 Å². The van der Waals surface area contributed by atoms with Gasteiger partial charge in [-0.25, -0.2) is 0 Å². The molecular formula is C12H16N2O6S. The maximum absolute atomic E-state index is 11.4. The lowest BCUT2D eigenvalue weighted by molar-refractivity contribution is -0.387. The second kappa shape index (κ2) is 7.34. The van der Waals surface area contributed by atoms with Crippen molar-refractivity contribution >= 4 is 22.6 Å². The van der Waals surface area contributed by atoms with Crippen molar-refractivity contribution in [2.75, 3.05) is 5.75 Å². The molecule has 0 fully saturated rings. The number of carbonyl (C=O) groups excluding carboxylic acids is 1. The summed E-state index contributed by atoms with van der Waals surface area (Å²) in [5, 5.41) is 30.6. The summed E-state index contributed by atoms with van der Waals surface area (Å²) in [5.41, 5.74) is -1.43. The summed E-state index contributed by atoms with van der Waals surface area (Å²) in [7, 11) is 0. The zero-order valence-corrected chi connectivity index (χ0v) is 12.3. The van der Waals surface area contributed by atoms with E-state index in [9.17, 15) is 29.9 Å². The Morgan fingerprint density at radius 2 is 2.14 bits per heavy atom. The topological polar surface area (TPSA) is 134 Å². The van der Waals surface area contributed by atoms with Crippen LogP contribution in [0.2, 0.25) is 0 Å². The maximum Gasteiger partial charge on any atom is 0.337 e. The van der Waals surface area contributed by atoms with Gasteiger partial charge in [-0.1, -0.05) is 11.8 Å². The Balaban J connectivity index is 2.94. The van der Waals surface area contributed by atoms with E-state index in [-0.39, 0.29) is 22.7 Å². The van der Waals surface area contributed by atoms with Gasteiger partial charge in [0.1, 0.15) is 6.10 Å². The van der Waals surface area contributed by atoms with Crippen LogP contribution in [0.5, 0.6) is 0 Å². The number of aromatic nitrogens is 1. The molecule has 116 valence electrons. The number of rotatable bonds is 6. The molecule has 0 radical (unpaired) electrons. The van der Waals surface area contributed by atoms with Crippen LogP contribution in [0.25, 0.3) is 0 Å². The van der Waals surface area contributed by atoms with E-state index in [4.69, 9.17) is 0 Å². The van der Waals surface area contributed by atoms with Crippen molar-refractivity contribution in [1.82, 2.24) is 4.98 Å². The van der Waals surface area contributed by atoms with Crippen LogP contribution in [0.3, 0.4) is 0 Å². The molecule has 0 bridgehead atoms. The molecular weight excluding hydrogens is 300 g/mol. The van der Waals surface area contributed by atoms with Crippen LogP contribution in [0.1, 0.15) is 30.6 Å². The Kier molecular flexibility index (Phi) is 6.06. The highest BCUT2D eigenvalue weighted by Gasteiger charge is 2.26. The number of nitrogens with zero attached hydrogens (tertiary/aromatic N) is 1. The van der Waals surface area contributed by atoms with E-state index < -0.39 is 28.4 Å². The van der Waals surface area contributed by atoms with Gasteiger partial charge in [-0.3, -0.25) is 19.7 Å². The van der Waals surface area contributed by atoms with Gasteiger partial charge in [0, 0.05) is 30.0 Å². The van der Waals surface area contributed by atoms with Crippen molar-refractivity contribution < 1.29 is 19.9 Å². The first-order valence-electron chi connectivity index (χ1n) is 6.11. The highest BCUT2D eigenvalue weighted by atomic mass is 32.2. The van der Waals surface area contributed by atoms with Gasteiger partial charge in [-0.2, -0.15) is 0 Å². The summed E-state index contributed by atoms with van der Waals surface area (Å²) >= 11 is 1.01. The lowest BCUT2D eigenvalue weighted by Gasteiger charge is -2.19. The molecule has 1 aromatic heterocycles. The SMILES string of the molecule is CC(=O)SCCC(O)C(O)c1c[nH]c(=O)c([N+](=O)[O-])c1C. The van der Waals surface area contributed by atoms with Gasteiger partial charge in [0.05, 0.1) is 11.0 Å². The fourth-order valence-corrected chi connectivity index (χ4v) is 2.49. The molecule has 8 nitrogen and oxygen atoms in total. The van der Waals surface area contributed by atoms with Gasteiger partial charge in [0.25, 0.3) is 0 Å². The molecule has 0 aromatic carbocycles. The number of hydrogen-bond acceptors (Lipinski definition) is 7. The number of aliphatic hydroxyl groups excluding tert-OH is 2. The molecule has 0 saturated carbocycles. The molecule has 0 spiro atoms. The quantitative estimate of drug-likeness (QED) is 0.518. The Morgan fingerprint density at radius 1 is 1.52 bits per heavy atom. The van der Waals surface area contributed by atoms with E-state index in [2.05, 4.69) is 4.98 Å². The second-order valence-electron chi connectivity index (χ2n) is 4.44. The predicted molar refractivity (Wildman–Crippen MR) is 77.2 cm³/mol. The minimum absolute atomic E-state index is 0.00882. The first-order valence-corrected chi connectivity index (χ1v) is 7.10. The summed E-state index contributed by atoms with van der Waals surface area (Å²) in [5.74, 6) is 0.318. The molecule has 0 aliphatic carbocycles.